The molecule has 2 aromatic carbocycles. The molecule has 0 radical (unpaired) electrons. The Kier molecular flexibility index (Phi) is 5.17. The Morgan fingerprint density at radius 2 is 1.66 bits per heavy atom. The van der Waals surface area contributed by atoms with Gasteiger partial charge in [0.05, 0.1) is 16.6 Å². The van der Waals surface area contributed by atoms with Crippen molar-refractivity contribution in [1.82, 2.24) is 9.78 Å². The first-order valence-corrected chi connectivity index (χ1v) is 9.68. The smallest absolute Gasteiger partial charge is 0.265 e. The van der Waals surface area contributed by atoms with Crippen molar-refractivity contribution in [3.05, 3.63) is 87.3 Å². The van der Waals surface area contributed by atoms with E-state index in [9.17, 15) is 14.4 Å². The molecule has 0 aliphatic carbocycles. The van der Waals surface area contributed by atoms with Crippen LogP contribution in [0.4, 0.5) is 11.4 Å². The van der Waals surface area contributed by atoms with Gasteiger partial charge in [-0.05, 0) is 47.8 Å². The van der Waals surface area contributed by atoms with Crippen LogP contribution in [0.3, 0.4) is 0 Å². The largest absolute Gasteiger partial charge is 0.324 e. The average Bonchev–Trinajstić information content (AvgIpc) is 3.27. The minimum Gasteiger partial charge on any atom is -0.324 e. The molecule has 0 spiro atoms. The molecule has 0 saturated heterocycles. The summed E-state index contributed by atoms with van der Waals surface area (Å²) < 4.78 is 1.49. The molecule has 2 N–H and O–H groups in total. The van der Waals surface area contributed by atoms with Gasteiger partial charge >= 0.3 is 0 Å². The number of carbonyl (C=O) groups is 2. The Hall–Kier alpha value is -3.78. The highest BCUT2D eigenvalue weighted by atomic mass is 32.1. The molecule has 0 unspecified atom stereocenters. The molecule has 29 heavy (non-hydrogen) atoms. The zero-order valence-electron chi connectivity index (χ0n) is 15.2. The fourth-order valence-corrected chi connectivity index (χ4v) is 3.48. The van der Waals surface area contributed by atoms with Crippen LogP contribution in [0.25, 0.3) is 10.9 Å². The molecule has 144 valence electrons. The van der Waals surface area contributed by atoms with E-state index in [2.05, 4.69) is 15.7 Å². The molecule has 2 heterocycles. The van der Waals surface area contributed by atoms with Gasteiger partial charge in [0.1, 0.15) is 6.54 Å². The number of hydrogen-bond acceptors (Lipinski definition) is 5. The SMILES string of the molecule is O=C(Cn1ncc(=O)c2ccccc21)Nc1ccc(NC(=O)c2cccs2)cc1. The second-order valence-corrected chi connectivity index (χ2v) is 7.19. The third-order valence-electron chi connectivity index (χ3n) is 4.23. The minimum atomic E-state index is -0.276. The highest BCUT2D eigenvalue weighted by Gasteiger charge is 2.09. The summed E-state index contributed by atoms with van der Waals surface area (Å²) in [4.78, 5) is 37.0. The van der Waals surface area contributed by atoms with Crippen molar-refractivity contribution < 1.29 is 9.59 Å². The molecule has 7 nitrogen and oxygen atoms in total. The number of para-hydroxylation sites is 1. The Balaban J connectivity index is 1.42. The molecule has 2 aromatic heterocycles. The fraction of sp³-hybridized carbons (Fsp3) is 0.0476. The first-order valence-electron chi connectivity index (χ1n) is 8.80. The van der Waals surface area contributed by atoms with Crippen LogP contribution in [-0.2, 0) is 11.3 Å². The van der Waals surface area contributed by atoms with Gasteiger partial charge in [0.2, 0.25) is 11.3 Å². The van der Waals surface area contributed by atoms with Gasteiger partial charge in [-0.3, -0.25) is 19.1 Å². The minimum absolute atomic E-state index is 0.0301. The summed E-state index contributed by atoms with van der Waals surface area (Å²) in [5, 5.41) is 12.0. The number of thiophene rings is 1. The van der Waals surface area contributed by atoms with E-state index in [0.29, 0.717) is 27.2 Å². The second kappa shape index (κ2) is 8.07. The van der Waals surface area contributed by atoms with Gasteiger partial charge in [-0.15, -0.1) is 11.3 Å². The molecule has 8 heteroatoms. The first-order chi connectivity index (χ1) is 14.1. The zero-order chi connectivity index (χ0) is 20.2. The van der Waals surface area contributed by atoms with E-state index in [1.807, 2.05) is 11.4 Å². The third kappa shape index (κ3) is 4.22. The Morgan fingerprint density at radius 1 is 0.931 bits per heavy atom. The number of hydrogen-bond donors (Lipinski definition) is 2. The molecule has 0 aliphatic heterocycles. The summed E-state index contributed by atoms with van der Waals surface area (Å²) in [5.41, 5.74) is 1.64. The van der Waals surface area contributed by atoms with Crippen molar-refractivity contribution >= 4 is 45.4 Å². The highest BCUT2D eigenvalue weighted by molar-refractivity contribution is 7.12. The predicted molar refractivity (Wildman–Crippen MR) is 113 cm³/mol. The van der Waals surface area contributed by atoms with Crippen molar-refractivity contribution in [1.29, 1.82) is 0 Å². The maximum atomic E-state index is 12.4. The van der Waals surface area contributed by atoms with Crippen LogP contribution in [-0.4, -0.2) is 21.6 Å². The van der Waals surface area contributed by atoms with E-state index in [-0.39, 0.29) is 23.8 Å². The lowest BCUT2D eigenvalue weighted by atomic mass is 10.2. The van der Waals surface area contributed by atoms with Crippen LogP contribution in [0.1, 0.15) is 9.67 Å². The summed E-state index contributed by atoms with van der Waals surface area (Å²) >= 11 is 1.37. The van der Waals surface area contributed by atoms with Gasteiger partial charge in [-0.2, -0.15) is 5.10 Å². The van der Waals surface area contributed by atoms with Gasteiger partial charge in [0, 0.05) is 16.8 Å². The number of rotatable bonds is 5. The summed E-state index contributed by atoms with van der Waals surface area (Å²) in [6, 6.07) is 17.4. The van der Waals surface area contributed by atoms with E-state index in [1.165, 1.54) is 22.2 Å². The quantitative estimate of drug-likeness (QED) is 0.533. The fourth-order valence-electron chi connectivity index (χ4n) is 2.86. The van der Waals surface area contributed by atoms with E-state index in [1.54, 1.807) is 54.6 Å². The molecule has 0 bridgehead atoms. The maximum absolute atomic E-state index is 12.4. The summed E-state index contributed by atoms with van der Waals surface area (Å²) in [7, 11) is 0. The van der Waals surface area contributed by atoms with Crippen LogP contribution in [0.5, 0.6) is 0 Å². The summed E-state index contributed by atoms with van der Waals surface area (Å²) in [5.74, 6) is -0.449. The van der Waals surface area contributed by atoms with Gasteiger partial charge in [-0.25, -0.2) is 0 Å². The normalized spacial score (nSPS) is 10.6. The van der Waals surface area contributed by atoms with Gasteiger partial charge < -0.3 is 10.6 Å². The molecule has 4 rings (SSSR count). The van der Waals surface area contributed by atoms with Crippen LogP contribution in [0, 0.1) is 0 Å². The molecule has 0 fully saturated rings. The van der Waals surface area contributed by atoms with E-state index >= 15 is 0 Å². The lowest BCUT2D eigenvalue weighted by Crippen LogP contribution is -2.22. The number of nitrogens with one attached hydrogen (secondary N) is 2. The summed E-state index contributed by atoms with van der Waals surface area (Å²) in [6.45, 7) is -0.0301. The van der Waals surface area contributed by atoms with Crippen LogP contribution in [0.2, 0.25) is 0 Å². The van der Waals surface area contributed by atoms with Crippen molar-refractivity contribution in [2.75, 3.05) is 10.6 Å². The molecule has 0 saturated carbocycles. The number of fused-ring (bicyclic) bond motifs is 1. The molecule has 0 atom stereocenters. The van der Waals surface area contributed by atoms with Crippen molar-refractivity contribution in [3.8, 4) is 0 Å². The topological polar surface area (TPSA) is 93.1 Å². The standard InChI is InChI=1S/C21H16N4O3S/c26-18-12-22-25(17-5-2-1-4-16(17)18)13-20(27)23-14-7-9-15(10-8-14)24-21(28)19-6-3-11-29-19/h1-12H,13H2,(H,23,27)(H,24,28). The van der Waals surface area contributed by atoms with Gasteiger partial charge in [-0.1, -0.05) is 18.2 Å². The molecular formula is C21H16N4O3S. The Morgan fingerprint density at radius 3 is 2.38 bits per heavy atom. The van der Waals surface area contributed by atoms with E-state index in [0.717, 1.165) is 0 Å². The second-order valence-electron chi connectivity index (χ2n) is 6.24. The molecule has 0 aliphatic rings. The molecule has 4 aromatic rings. The number of benzene rings is 2. The van der Waals surface area contributed by atoms with Gasteiger partial charge in [0.25, 0.3) is 5.91 Å². The number of aromatic nitrogens is 2. The van der Waals surface area contributed by atoms with Crippen molar-refractivity contribution in [2.45, 2.75) is 6.54 Å². The third-order valence-corrected chi connectivity index (χ3v) is 5.10. The number of anilines is 2. The number of amides is 2. The highest BCUT2D eigenvalue weighted by Crippen LogP contribution is 2.16. The monoisotopic (exact) mass is 404 g/mol. The van der Waals surface area contributed by atoms with Crippen molar-refractivity contribution in [2.24, 2.45) is 0 Å². The lowest BCUT2D eigenvalue weighted by Gasteiger charge is -2.10. The lowest BCUT2D eigenvalue weighted by molar-refractivity contribution is -0.116. The first kappa shape index (κ1) is 18.6. The molecule has 2 amide bonds. The maximum Gasteiger partial charge on any atom is 0.265 e. The van der Waals surface area contributed by atoms with E-state index < -0.39 is 0 Å². The van der Waals surface area contributed by atoms with Crippen LogP contribution < -0.4 is 16.1 Å². The number of nitrogens with zero attached hydrogens (tertiary/aromatic N) is 2. The van der Waals surface area contributed by atoms with Gasteiger partial charge in [0.15, 0.2) is 0 Å². The Bertz CT molecular complexity index is 1230. The van der Waals surface area contributed by atoms with Crippen LogP contribution in [0.15, 0.2) is 77.0 Å². The molecular weight excluding hydrogens is 388 g/mol. The zero-order valence-corrected chi connectivity index (χ0v) is 16.0. The Labute approximate surface area is 169 Å². The van der Waals surface area contributed by atoms with Crippen LogP contribution >= 0.6 is 11.3 Å². The average molecular weight is 404 g/mol. The van der Waals surface area contributed by atoms with Crippen molar-refractivity contribution in [3.63, 3.8) is 0 Å². The number of carbonyl (C=O) groups excluding carboxylic acids is 2. The van der Waals surface area contributed by atoms with E-state index in [4.69, 9.17) is 0 Å². The summed E-state index contributed by atoms with van der Waals surface area (Å²) in [6.07, 6.45) is 1.21. The predicted octanol–water partition coefficient (Wildman–Crippen LogP) is 3.35.